The van der Waals surface area contributed by atoms with Crippen molar-refractivity contribution in [3.05, 3.63) is 0 Å². The molecule has 0 saturated carbocycles. The SMILES string of the molecule is CC(=O)C(NC(=O)CNC(=O)C1CCCN1C(=O)C(NC(=O)CNC(=O)C(NC(=O)CNC(=O)C1CCCN1C(=O)C(NC(=O)CN)C(C)C)C(C)C)C(C)C)C(C)C. The van der Waals surface area contributed by atoms with Gasteiger partial charge in [-0.25, -0.2) is 0 Å². The van der Waals surface area contributed by atoms with Crippen LogP contribution in [-0.2, 0) is 47.9 Å². The number of hydrogen-bond acceptors (Lipinski definition) is 11. The van der Waals surface area contributed by atoms with E-state index >= 15 is 0 Å². The molecule has 9 N–H and O–H groups in total. The van der Waals surface area contributed by atoms with Crippen molar-refractivity contribution in [2.24, 2.45) is 29.4 Å². The normalized spacial score (nSPS) is 18.5. The summed E-state index contributed by atoms with van der Waals surface area (Å²) < 4.78 is 0. The van der Waals surface area contributed by atoms with Gasteiger partial charge in [0.15, 0.2) is 5.78 Å². The minimum absolute atomic E-state index is 0.143. The molecule has 6 atom stereocenters. The second kappa shape index (κ2) is 23.5. The number of hydrogen-bond donors (Lipinski definition) is 8. The zero-order valence-corrected chi connectivity index (χ0v) is 35.9. The van der Waals surface area contributed by atoms with E-state index in [9.17, 15) is 47.9 Å². The Kier molecular flexibility index (Phi) is 19.9. The Labute approximate surface area is 346 Å². The van der Waals surface area contributed by atoms with Gasteiger partial charge in [0, 0.05) is 13.1 Å². The minimum Gasteiger partial charge on any atom is -0.345 e. The van der Waals surface area contributed by atoms with Crippen LogP contribution >= 0.6 is 0 Å². The van der Waals surface area contributed by atoms with Gasteiger partial charge in [-0.1, -0.05) is 55.4 Å². The molecule has 6 unspecified atom stereocenters. The van der Waals surface area contributed by atoms with Gasteiger partial charge in [-0.3, -0.25) is 47.9 Å². The first-order valence-corrected chi connectivity index (χ1v) is 20.4. The lowest BCUT2D eigenvalue weighted by Gasteiger charge is -2.30. The number of carbonyl (C=O) groups is 10. The van der Waals surface area contributed by atoms with Gasteiger partial charge in [-0.05, 0) is 56.3 Å². The number of nitrogens with zero attached hydrogens (tertiary/aromatic N) is 2. The molecule has 0 aromatic rings. The van der Waals surface area contributed by atoms with E-state index in [4.69, 9.17) is 5.73 Å². The highest BCUT2D eigenvalue weighted by atomic mass is 16.2. The van der Waals surface area contributed by atoms with Crippen LogP contribution in [0.3, 0.4) is 0 Å². The van der Waals surface area contributed by atoms with Gasteiger partial charge in [-0.15, -0.1) is 0 Å². The van der Waals surface area contributed by atoms with E-state index in [0.717, 1.165) is 0 Å². The number of amides is 9. The lowest BCUT2D eigenvalue weighted by molar-refractivity contribution is -0.142. The highest BCUT2D eigenvalue weighted by Gasteiger charge is 2.40. The van der Waals surface area contributed by atoms with Gasteiger partial charge in [0.1, 0.15) is 30.2 Å². The highest BCUT2D eigenvalue weighted by molar-refractivity contribution is 5.97. The predicted octanol–water partition coefficient (Wildman–Crippen LogP) is -2.57. The first-order valence-electron chi connectivity index (χ1n) is 20.4. The fraction of sp³-hybridized carbons (Fsp3) is 0.744. The average molecular weight is 835 g/mol. The van der Waals surface area contributed by atoms with Gasteiger partial charge in [0.05, 0.1) is 32.2 Å². The summed E-state index contributed by atoms with van der Waals surface area (Å²) in [6.45, 7) is 14.1. The van der Waals surface area contributed by atoms with Crippen LogP contribution in [-0.4, -0.2) is 144 Å². The molecule has 2 saturated heterocycles. The van der Waals surface area contributed by atoms with Gasteiger partial charge < -0.3 is 52.8 Å². The maximum absolute atomic E-state index is 13.7. The molecule has 0 spiro atoms. The Morgan fingerprint density at radius 3 is 1.20 bits per heavy atom. The van der Waals surface area contributed by atoms with E-state index in [0.29, 0.717) is 32.2 Å². The standard InChI is InChI=1S/C39H66N10O10/c1-20(2)31(24(9)50)45-28(52)17-41-35(55)26-13-11-15-49(26)39(59)34(23(7)8)47-30(54)19-43-37(57)32(21(3)4)46-29(53)18-42-36(56)25-12-10-14-48(25)38(58)33(22(5)6)44-27(51)16-40/h20-23,25-26,31-34H,10-19,40H2,1-9H3,(H,41,55)(H,42,56)(H,43,57)(H,44,51)(H,45,52)(H,46,53)(H,47,54). The molecule has 0 bridgehead atoms. The summed E-state index contributed by atoms with van der Waals surface area (Å²) in [5.74, 6) is -6.61. The van der Waals surface area contributed by atoms with Crippen molar-refractivity contribution in [3.8, 4) is 0 Å². The maximum Gasteiger partial charge on any atom is 0.246 e. The zero-order chi connectivity index (χ0) is 44.7. The fourth-order valence-electron chi connectivity index (χ4n) is 7.02. The Bertz CT molecular complexity index is 1570. The van der Waals surface area contributed by atoms with E-state index in [-0.39, 0.29) is 37.3 Å². The quantitative estimate of drug-likeness (QED) is 0.0595. The van der Waals surface area contributed by atoms with Crippen molar-refractivity contribution in [2.45, 2.75) is 124 Å². The highest BCUT2D eigenvalue weighted by Crippen LogP contribution is 2.22. The number of ketones is 1. The monoisotopic (exact) mass is 834 g/mol. The second-order valence-electron chi connectivity index (χ2n) is 16.5. The van der Waals surface area contributed by atoms with E-state index in [2.05, 4.69) is 37.2 Å². The van der Waals surface area contributed by atoms with Crippen molar-refractivity contribution in [1.29, 1.82) is 0 Å². The molecule has 2 aliphatic heterocycles. The number of likely N-dealkylation sites (tertiary alicyclic amines) is 2. The smallest absolute Gasteiger partial charge is 0.246 e. The number of nitrogens with one attached hydrogen (secondary N) is 7. The van der Waals surface area contributed by atoms with Gasteiger partial charge in [0.2, 0.25) is 53.2 Å². The molecular formula is C39H66N10O10. The van der Waals surface area contributed by atoms with E-state index in [1.165, 1.54) is 16.7 Å². The minimum atomic E-state index is -1.10. The number of nitrogens with two attached hydrogens (primary N) is 1. The number of Topliss-reactive ketones (excluding diaryl/α,β-unsaturated/α-hetero) is 1. The molecule has 0 aromatic heterocycles. The van der Waals surface area contributed by atoms with Crippen molar-refractivity contribution in [3.63, 3.8) is 0 Å². The molecule has 0 aliphatic carbocycles. The summed E-state index contributed by atoms with van der Waals surface area (Å²) in [6, 6.07) is -5.46. The number of rotatable bonds is 21. The lowest BCUT2D eigenvalue weighted by Crippen LogP contribution is -2.58. The third kappa shape index (κ3) is 14.9. The van der Waals surface area contributed by atoms with Crippen LogP contribution in [0.25, 0.3) is 0 Å². The molecule has 332 valence electrons. The molecule has 2 heterocycles. The Morgan fingerprint density at radius 1 is 0.508 bits per heavy atom. The largest absolute Gasteiger partial charge is 0.345 e. The van der Waals surface area contributed by atoms with Crippen LogP contribution in [0.5, 0.6) is 0 Å². The molecule has 2 fully saturated rings. The van der Waals surface area contributed by atoms with E-state index in [1.54, 1.807) is 55.4 Å². The van der Waals surface area contributed by atoms with Gasteiger partial charge in [0.25, 0.3) is 0 Å². The van der Waals surface area contributed by atoms with Crippen LogP contribution in [0.15, 0.2) is 0 Å². The molecule has 2 aliphatic rings. The van der Waals surface area contributed by atoms with Crippen LogP contribution in [0, 0.1) is 23.7 Å². The van der Waals surface area contributed by atoms with E-state index in [1.807, 2.05) is 0 Å². The van der Waals surface area contributed by atoms with Crippen molar-refractivity contribution in [2.75, 3.05) is 39.3 Å². The van der Waals surface area contributed by atoms with Crippen molar-refractivity contribution < 1.29 is 47.9 Å². The average Bonchev–Trinajstić information content (AvgIpc) is 3.87. The van der Waals surface area contributed by atoms with Gasteiger partial charge in [-0.2, -0.15) is 0 Å². The molecular weight excluding hydrogens is 768 g/mol. The summed E-state index contributed by atoms with van der Waals surface area (Å²) in [5.41, 5.74) is 5.40. The van der Waals surface area contributed by atoms with Crippen LogP contribution < -0.4 is 43.0 Å². The summed E-state index contributed by atoms with van der Waals surface area (Å²) in [4.78, 5) is 131. The molecule has 0 radical (unpaired) electrons. The third-order valence-corrected chi connectivity index (χ3v) is 10.3. The second-order valence-corrected chi connectivity index (χ2v) is 16.5. The summed E-state index contributed by atoms with van der Waals surface area (Å²) in [7, 11) is 0. The van der Waals surface area contributed by atoms with Crippen LogP contribution in [0.1, 0.15) is 88.0 Å². The molecule has 2 rings (SSSR count). The van der Waals surface area contributed by atoms with Crippen LogP contribution in [0.2, 0.25) is 0 Å². The molecule has 0 aromatic carbocycles. The predicted molar refractivity (Wildman–Crippen MR) is 215 cm³/mol. The summed E-state index contributed by atoms with van der Waals surface area (Å²) in [5, 5.41) is 18.0. The molecule has 20 nitrogen and oxygen atoms in total. The van der Waals surface area contributed by atoms with Gasteiger partial charge >= 0.3 is 0 Å². The third-order valence-electron chi connectivity index (χ3n) is 10.3. The Morgan fingerprint density at radius 2 is 0.847 bits per heavy atom. The first kappa shape index (κ1) is 50.0. The fourth-order valence-corrected chi connectivity index (χ4v) is 7.02. The van der Waals surface area contributed by atoms with Crippen LogP contribution in [0.4, 0.5) is 0 Å². The lowest BCUT2D eigenvalue weighted by atomic mass is 10.0. The Balaban J connectivity index is 1.94. The Hall–Kier alpha value is -5.14. The molecule has 9 amide bonds. The summed E-state index contributed by atoms with van der Waals surface area (Å²) in [6.07, 6.45) is 1.76. The molecule has 59 heavy (non-hydrogen) atoms. The molecule has 20 heteroatoms. The van der Waals surface area contributed by atoms with Crippen molar-refractivity contribution >= 4 is 58.9 Å². The maximum atomic E-state index is 13.7. The number of carbonyl (C=O) groups excluding carboxylic acids is 10. The summed E-state index contributed by atoms with van der Waals surface area (Å²) >= 11 is 0. The topological polar surface area (TPSA) is 287 Å². The van der Waals surface area contributed by atoms with E-state index < -0.39 is 114 Å². The zero-order valence-electron chi connectivity index (χ0n) is 35.9. The van der Waals surface area contributed by atoms with Crippen molar-refractivity contribution in [1.82, 2.24) is 47.0 Å². The first-order chi connectivity index (χ1) is 27.6.